The zero-order chi connectivity index (χ0) is 13.8. The lowest BCUT2D eigenvalue weighted by molar-refractivity contribution is -0.155. The lowest BCUT2D eigenvalue weighted by atomic mass is 10.1. The molecule has 0 bridgehead atoms. The zero-order valence-electron chi connectivity index (χ0n) is 11.9. The third-order valence-electron chi connectivity index (χ3n) is 2.33. The van der Waals surface area contributed by atoms with Gasteiger partial charge in [-0.2, -0.15) is 0 Å². The van der Waals surface area contributed by atoms with E-state index in [0.29, 0.717) is 6.61 Å². The van der Waals surface area contributed by atoms with E-state index in [0.717, 1.165) is 16.9 Å². The zero-order valence-corrected chi connectivity index (χ0v) is 11.9. The van der Waals surface area contributed by atoms with E-state index in [-0.39, 0.29) is 12.4 Å². The summed E-state index contributed by atoms with van der Waals surface area (Å²) in [5.41, 5.74) is 1.79. The third kappa shape index (κ3) is 5.21. The molecule has 0 unspecified atom stereocenters. The number of carbonyl (C=O) groups is 1. The molecule has 0 spiro atoms. The molecule has 0 aliphatic rings. The van der Waals surface area contributed by atoms with Crippen molar-refractivity contribution in [2.24, 2.45) is 0 Å². The maximum absolute atomic E-state index is 11.5. The van der Waals surface area contributed by atoms with Gasteiger partial charge in [0.1, 0.15) is 11.4 Å². The Morgan fingerprint density at radius 1 is 1.22 bits per heavy atom. The van der Waals surface area contributed by atoms with Gasteiger partial charge >= 0.3 is 5.97 Å². The molecule has 0 saturated heterocycles. The lowest BCUT2D eigenvalue weighted by Gasteiger charge is -2.19. The van der Waals surface area contributed by atoms with Crippen LogP contribution in [-0.2, 0) is 9.53 Å². The molecule has 0 fully saturated rings. The van der Waals surface area contributed by atoms with Crippen LogP contribution in [0, 0.1) is 13.8 Å². The maximum atomic E-state index is 11.5. The van der Waals surface area contributed by atoms with E-state index in [1.165, 1.54) is 0 Å². The van der Waals surface area contributed by atoms with Crippen LogP contribution in [0.2, 0.25) is 0 Å². The average molecular weight is 250 g/mol. The van der Waals surface area contributed by atoms with Gasteiger partial charge in [-0.25, -0.2) is 0 Å². The van der Waals surface area contributed by atoms with Gasteiger partial charge in [0.15, 0.2) is 0 Å². The molecule has 0 aliphatic heterocycles. The summed E-state index contributed by atoms with van der Waals surface area (Å²) in [5.74, 6) is 0.603. The summed E-state index contributed by atoms with van der Waals surface area (Å²) in [5, 5.41) is 0. The van der Waals surface area contributed by atoms with Crippen LogP contribution in [0.4, 0.5) is 0 Å². The molecule has 18 heavy (non-hydrogen) atoms. The van der Waals surface area contributed by atoms with Crippen molar-refractivity contribution in [1.82, 2.24) is 0 Å². The van der Waals surface area contributed by atoms with E-state index in [9.17, 15) is 4.79 Å². The highest BCUT2D eigenvalue weighted by Gasteiger charge is 2.16. The first-order chi connectivity index (χ1) is 8.28. The summed E-state index contributed by atoms with van der Waals surface area (Å²) >= 11 is 0. The van der Waals surface area contributed by atoms with Crippen LogP contribution in [0.5, 0.6) is 5.75 Å². The van der Waals surface area contributed by atoms with Crippen molar-refractivity contribution in [2.45, 2.75) is 46.6 Å². The molecule has 0 amide bonds. The molecule has 100 valence electrons. The molecule has 3 nitrogen and oxygen atoms in total. The molecular weight excluding hydrogens is 228 g/mol. The normalized spacial score (nSPS) is 11.2. The van der Waals surface area contributed by atoms with Crippen molar-refractivity contribution in [3.05, 3.63) is 29.3 Å². The summed E-state index contributed by atoms with van der Waals surface area (Å²) in [7, 11) is 0. The van der Waals surface area contributed by atoms with Crippen LogP contribution in [0.3, 0.4) is 0 Å². The van der Waals surface area contributed by atoms with Gasteiger partial charge in [-0.15, -0.1) is 0 Å². The maximum Gasteiger partial charge on any atom is 0.309 e. The fourth-order valence-electron chi connectivity index (χ4n) is 1.50. The summed E-state index contributed by atoms with van der Waals surface area (Å²) < 4.78 is 10.8. The van der Waals surface area contributed by atoms with Crippen molar-refractivity contribution in [3.8, 4) is 5.75 Å². The number of rotatable bonds is 4. The third-order valence-corrected chi connectivity index (χ3v) is 2.33. The number of hydrogen-bond acceptors (Lipinski definition) is 3. The Morgan fingerprint density at radius 3 is 2.50 bits per heavy atom. The van der Waals surface area contributed by atoms with Crippen LogP contribution in [-0.4, -0.2) is 18.2 Å². The van der Waals surface area contributed by atoms with Crippen LogP contribution < -0.4 is 4.74 Å². The van der Waals surface area contributed by atoms with Crippen LogP contribution in [0.15, 0.2) is 18.2 Å². The Morgan fingerprint density at radius 2 is 1.89 bits per heavy atom. The second kappa shape index (κ2) is 5.89. The van der Waals surface area contributed by atoms with Gasteiger partial charge in [-0.05, 0) is 51.8 Å². The predicted molar refractivity (Wildman–Crippen MR) is 71.9 cm³/mol. The second-order valence-electron chi connectivity index (χ2n) is 5.45. The first-order valence-electron chi connectivity index (χ1n) is 6.20. The number of ether oxygens (including phenoxy) is 2. The quantitative estimate of drug-likeness (QED) is 0.768. The monoisotopic (exact) mass is 250 g/mol. The van der Waals surface area contributed by atoms with Gasteiger partial charge in [0, 0.05) is 0 Å². The van der Waals surface area contributed by atoms with Gasteiger partial charge in [0.2, 0.25) is 0 Å². The highest BCUT2D eigenvalue weighted by molar-refractivity contribution is 5.70. The molecule has 1 aromatic rings. The molecule has 1 rings (SSSR count). The number of esters is 1. The van der Waals surface area contributed by atoms with E-state index in [4.69, 9.17) is 9.47 Å². The van der Waals surface area contributed by atoms with Gasteiger partial charge in [-0.1, -0.05) is 12.1 Å². The van der Waals surface area contributed by atoms with E-state index in [1.807, 2.05) is 52.8 Å². The Hall–Kier alpha value is -1.51. The van der Waals surface area contributed by atoms with Crippen molar-refractivity contribution in [2.75, 3.05) is 6.61 Å². The minimum atomic E-state index is -0.434. The molecule has 0 aliphatic carbocycles. The van der Waals surface area contributed by atoms with E-state index < -0.39 is 5.60 Å². The number of benzene rings is 1. The fraction of sp³-hybridized carbons (Fsp3) is 0.533. The summed E-state index contributed by atoms with van der Waals surface area (Å²) in [4.78, 5) is 11.5. The van der Waals surface area contributed by atoms with Gasteiger partial charge < -0.3 is 9.47 Å². The van der Waals surface area contributed by atoms with Crippen molar-refractivity contribution < 1.29 is 14.3 Å². The molecular formula is C15H22O3. The molecule has 0 N–H and O–H groups in total. The molecule has 0 radical (unpaired) electrons. The average Bonchev–Trinajstić information content (AvgIpc) is 2.20. The molecule has 0 saturated carbocycles. The lowest BCUT2D eigenvalue weighted by Crippen LogP contribution is -2.24. The summed E-state index contributed by atoms with van der Waals surface area (Å²) in [6.07, 6.45) is 0.269. The number of carbonyl (C=O) groups excluding carboxylic acids is 1. The first kappa shape index (κ1) is 14.6. The largest absolute Gasteiger partial charge is 0.493 e. The van der Waals surface area contributed by atoms with Gasteiger partial charge in [0.25, 0.3) is 0 Å². The van der Waals surface area contributed by atoms with Crippen molar-refractivity contribution in [3.63, 3.8) is 0 Å². The standard InChI is InChI=1S/C15H22O3/c1-11-6-7-12(2)13(10-11)17-9-8-14(16)18-15(3,4)5/h6-7,10H,8-9H2,1-5H3. The van der Waals surface area contributed by atoms with Crippen molar-refractivity contribution >= 4 is 5.97 Å². The number of aryl methyl sites for hydroxylation is 2. The van der Waals surface area contributed by atoms with Crippen LogP contribution in [0.1, 0.15) is 38.3 Å². The van der Waals surface area contributed by atoms with Crippen molar-refractivity contribution in [1.29, 1.82) is 0 Å². The SMILES string of the molecule is Cc1ccc(C)c(OCCC(=O)OC(C)(C)C)c1. The van der Waals surface area contributed by atoms with E-state index >= 15 is 0 Å². The minimum Gasteiger partial charge on any atom is -0.493 e. The molecule has 3 heteroatoms. The Labute approximate surface area is 109 Å². The molecule has 0 aromatic heterocycles. The summed E-state index contributed by atoms with van der Waals surface area (Å²) in [6, 6.07) is 6.03. The van der Waals surface area contributed by atoms with Gasteiger partial charge in [-0.3, -0.25) is 4.79 Å². The smallest absolute Gasteiger partial charge is 0.309 e. The Kier molecular flexibility index (Phi) is 4.76. The van der Waals surface area contributed by atoms with Crippen LogP contribution in [0.25, 0.3) is 0 Å². The Bertz CT molecular complexity index is 416. The highest BCUT2D eigenvalue weighted by atomic mass is 16.6. The highest BCUT2D eigenvalue weighted by Crippen LogP contribution is 2.19. The second-order valence-corrected chi connectivity index (χ2v) is 5.45. The molecule has 0 heterocycles. The van der Waals surface area contributed by atoms with E-state index in [1.54, 1.807) is 0 Å². The first-order valence-corrected chi connectivity index (χ1v) is 6.20. The van der Waals surface area contributed by atoms with Crippen LogP contribution >= 0.6 is 0 Å². The van der Waals surface area contributed by atoms with E-state index in [2.05, 4.69) is 0 Å². The molecule has 1 aromatic carbocycles. The topological polar surface area (TPSA) is 35.5 Å². The van der Waals surface area contributed by atoms with Gasteiger partial charge in [0.05, 0.1) is 13.0 Å². The predicted octanol–water partition coefficient (Wildman–Crippen LogP) is 3.41. The minimum absolute atomic E-state index is 0.229. The number of hydrogen-bond donors (Lipinski definition) is 0. The molecule has 0 atom stereocenters. The summed E-state index contributed by atoms with van der Waals surface area (Å²) in [6.45, 7) is 9.92. The fourth-order valence-corrected chi connectivity index (χ4v) is 1.50. The Balaban J connectivity index is 2.42.